The summed E-state index contributed by atoms with van der Waals surface area (Å²) in [6, 6.07) is 25.6. The number of ether oxygens (including phenoxy) is 2. The first-order valence-electron chi connectivity index (χ1n) is 9.64. The van der Waals surface area contributed by atoms with Gasteiger partial charge in [0.15, 0.2) is 11.5 Å². The van der Waals surface area contributed by atoms with Crippen molar-refractivity contribution in [1.82, 2.24) is 9.97 Å². The molecule has 0 saturated carbocycles. The second-order valence-corrected chi connectivity index (χ2v) is 6.50. The van der Waals surface area contributed by atoms with E-state index in [4.69, 9.17) is 9.47 Å². The Labute approximate surface area is 184 Å². The van der Waals surface area contributed by atoms with E-state index in [2.05, 4.69) is 15.4 Å². The van der Waals surface area contributed by atoms with Crippen molar-refractivity contribution in [1.29, 1.82) is 0 Å². The van der Waals surface area contributed by atoms with Gasteiger partial charge < -0.3 is 9.47 Å². The maximum Gasteiger partial charge on any atom is 0.374 e. The molecule has 4 aromatic rings. The minimum atomic E-state index is -0.582. The molecule has 9 heteroatoms. The summed E-state index contributed by atoms with van der Waals surface area (Å²) in [7, 11) is 1.49. The standard InChI is InChI=1S/C23H19N5O4/c1-31-19-14-8-9-15-20(19)32-23-21(28(29)30)22(24-16-25-23)26-27(17-10-4-2-5-11-17)18-12-6-3-7-13-18/h2-16H,1H3,(H,24,25,26). The summed E-state index contributed by atoms with van der Waals surface area (Å²) in [6.07, 6.45) is 1.20. The lowest BCUT2D eigenvalue weighted by Gasteiger charge is -2.25. The predicted octanol–water partition coefficient (Wildman–Crippen LogP) is 5.35. The highest BCUT2D eigenvalue weighted by Gasteiger charge is 2.27. The van der Waals surface area contributed by atoms with E-state index in [1.165, 1.54) is 13.4 Å². The number of benzene rings is 3. The Hall–Kier alpha value is -4.66. The molecule has 0 aliphatic heterocycles. The van der Waals surface area contributed by atoms with Crippen LogP contribution in [0.5, 0.6) is 17.4 Å². The third kappa shape index (κ3) is 4.41. The molecule has 1 aromatic heterocycles. The molecule has 0 amide bonds. The molecule has 0 bridgehead atoms. The molecule has 3 aromatic carbocycles. The number of rotatable bonds is 8. The number of hydrazine groups is 1. The second-order valence-electron chi connectivity index (χ2n) is 6.50. The van der Waals surface area contributed by atoms with E-state index in [1.807, 2.05) is 60.7 Å². The highest BCUT2D eigenvalue weighted by atomic mass is 16.6. The summed E-state index contributed by atoms with van der Waals surface area (Å²) in [4.78, 5) is 19.5. The van der Waals surface area contributed by atoms with Crippen molar-refractivity contribution in [2.24, 2.45) is 0 Å². The lowest BCUT2D eigenvalue weighted by molar-refractivity contribution is -0.385. The van der Waals surface area contributed by atoms with E-state index in [0.29, 0.717) is 11.5 Å². The lowest BCUT2D eigenvalue weighted by atomic mass is 10.2. The van der Waals surface area contributed by atoms with E-state index in [1.54, 1.807) is 29.3 Å². The fraction of sp³-hybridized carbons (Fsp3) is 0.0435. The summed E-state index contributed by atoms with van der Waals surface area (Å²) < 4.78 is 11.0. The number of nitrogens with zero attached hydrogens (tertiary/aromatic N) is 4. The van der Waals surface area contributed by atoms with E-state index in [0.717, 1.165) is 11.4 Å². The number of nitrogens with one attached hydrogen (secondary N) is 1. The molecule has 160 valence electrons. The number of hydrogen-bond acceptors (Lipinski definition) is 8. The Kier molecular flexibility index (Phi) is 6.08. The largest absolute Gasteiger partial charge is 0.493 e. The number of hydrogen-bond donors (Lipinski definition) is 1. The van der Waals surface area contributed by atoms with Crippen LogP contribution in [0.15, 0.2) is 91.3 Å². The molecule has 0 radical (unpaired) electrons. The number of methoxy groups -OCH3 is 1. The summed E-state index contributed by atoms with van der Waals surface area (Å²) in [5.74, 6) is 0.483. The van der Waals surface area contributed by atoms with Crippen LogP contribution < -0.4 is 19.9 Å². The van der Waals surface area contributed by atoms with E-state index < -0.39 is 10.6 Å². The van der Waals surface area contributed by atoms with Gasteiger partial charge in [-0.15, -0.1) is 0 Å². The van der Waals surface area contributed by atoms with Crippen molar-refractivity contribution in [3.63, 3.8) is 0 Å². The van der Waals surface area contributed by atoms with Gasteiger partial charge in [0, 0.05) is 0 Å². The third-order valence-electron chi connectivity index (χ3n) is 4.49. The summed E-state index contributed by atoms with van der Waals surface area (Å²) in [6.45, 7) is 0. The topological polar surface area (TPSA) is 103 Å². The Morgan fingerprint density at radius 2 is 1.41 bits per heavy atom. The zero-order valence-electron chi connectivity index (χ0n) is 17.1. The van der Waals surface area contributed by atoms with Gasteiger partial charge >= 0.3 is 11.6 Å². The highest BCUT2D eigenvalue weighted by molar-refractivity contribution is 5.71. The molecule has 0 fully saturated rings. The van der Waals surface area contributed by atoms with Crippen LogP contribution >= 0.6 is 0 Å². The zero-order valence-corrected chi connectivity index (χ0v) is 17.1. The quantitative estimate of drug-likeness (QED) is 0.295. The SMILES string of the molecule is COc1ccccc1Oc1ncnc(NN(c2ccccc2)c2ccccc2)c1[N+](=O)[O-]. The summed E-state index contributed by atoms with van der Waals surface area (Å²) in [5, 5.41) is 13.7. The second kappa shape index (κ2) is 9.43. The highest BCUT2D eigenvalue weighted by Crippen LogP contribution is 2.38. The fourth-order valence-corrected chi connectivity index (χ4v) is 3.03. The molecule has 0 saturated heterocycles. The average molecular weight is 429 g/mol. The lowest BCUT2D eigenvalue weighted by Crippen LogP contribution is -2.25. The molecule has 9 nitrogen and oxygen atoms in total. The molecule has 0 spiro atoms. The van der Waals surface area contributed by atoms with Crippen LogP contribution in [0, 0.1) is 10.1 Å². The van der Waals surface area contributed by atoms with E-state index >= 15 is 0 Å². The third-order valence-corrected chi connectivity index (χ3v) is 4.49. The molecule has 32 heavy (non-hydrogen) atoms. The molecule has 0 atom stereocenters. The van der Waals surface area contributed by atoms with Gasteiger partial charge in [-0.3, -0.25) is 20.5 Å². The fourth-order valence-electron chi connectivity index (χ4n) is 3.03. The van der Waals surface area contributed by atoms with Crippen LogP contribution in [0.1, 0.15) is 0 Å². The molecule has 4 rings (SSSR count). The molecule has 0 aliphatic carbocycles. The number of anilines is 3. The monoisotopic (exact) mass is 429 g/mol. The van der Waals surface area contributed by atoms with Crippen LogP contribution in [0.25, 0.3) is 0 Å². The van der Waals surface area contributed by atoms with Gasteiger partial charge in [-0.25, -0.2) is 4.98 Å². The number of aromatic nitrogens is 2. The van der Waals surface area contributed by atoms with Crippen LogP contribution in [-0.2, 0) is 0 Å². The van der Waals surface area contributed by atoms with Gasteiger partial charge in [0.25, 0.3) is 0 Å². The molecule has 0 unspecified atom stereocenters. The normalized spacial score (nSPS) is 10.3. The molecule has 1 heterocycles. The van der Waals surface area contributed by atoms with Gasteiger partial charge in [-0.05, 0) is 36.4 Å². The van der Waals surface area contributed by atoms with Crippen molar-refractivity contribution in [3.05, 3.63) is 101 Å². The van der Waals surface area contributed by atoms with Crippen LogP contribution in [0.2, 0.25) is 0 Å². The minimum absolute atomic E-state index is 0.0254. The Balaban J connectivity index is 1.76. The predicted molar refractivity (Wildman–Crippen MR) is 120 cm³/mol. The van der Waals surface area contributed by atoms with E-state index in [-0.39, 0.29) is 11.7 Å². The van der Waals surface area contributed by atoms with Crippen LogP contribution in [0.3, 0.4) is 0 Å². The Morgan fingerprint density at radius 3 is 1.97 bits per heavy atom. The molecular weight excluding hydrogens is 410 g/mol. The first-order valence-corrected chi connectivity index (χ1v) is 9.64. The summed E-state index contributed by atoms with van der Waals surface area (Å²) in [5.41, 5.74) is 4.16. The van der Waals surface area contributed by atoms with Crippen molar-refractivity contribution in [2.45, 2.75) is 0 Å². The van der Waals surface area contributed by atoms with Gasteiger partial charge in [-0.1, -0.05) is 48.5 Å². The molecule has 1 N–H and O–H groups in total. The van der Waals surface area contributed by atoms with Crippen LogP contribution in [0.4, 0.5) is 22.9 Å². The van der Waals surface area contributed by atoms with Gasteiger partial charge in [0.2, 0.25) is 5.82 Å². The van der Waals surface area contributed by atoms with Crippen molar-refractivity contribution in [2.75, 3.05) is 17.5 Å². The van der Waals surface area contributed by atoms with Gasteiger partial charge in [-0.2, -0.15) is 4.98 Å². The average Bonchev–Trinajstić information content (AvgIpc) is 2.84. The van der Waals surface area contributed by atoms with Gasteiger partial charge in [0.1, 0.15) is 6.33 Å². The minimum Gasteiger partial charge on any atom is -0.493 e. The summed E-state index contributed by atoms with van der Waals surface area (Å²) >= 11 is 0. The van der Waals surface area contributed by atoms with Crippen molar-refractivity contribution < 1.29 is 14.4 Å². The zero-order chi connectivity index (χ0) is 22.3. The Bertz CT molecular complexity index is 1170. The number of nitro groups is 1. The van der Waals surface area contributed by atoms with Crippen LogP contribution in [-0.4, -0.2) is 22.0 Å². The first-order chi connectivity index (χ1) is 15.7. The van der Waals surface area contributed by atoms with Gasteiger partial charge in [0.05, 0.1) is 23.4 Å². The van der Waals surface area contributed by atoms with Crippen molar-refractivity contribution in [3.8, 4) is 17.4 Å². The Morgan fingerprint density at radius 1 is 0.844 bits per heavy atom. The van der Waals surface area contributed by atoms with E-state index in [9.17, 15) is 10.1 Å². The maximum atomic E-state index is 12.0. The first kappa shape index (κ1) is 20.6. The molecular formula is C23H19N5O4. The molecule has 0 aliphatic rings. The maximum absolute atomic E-state index is 12.0. The number of para-hydroxylation sites is 4. The smallest absolute Gasteiger partial charge is 0.374 e. The van der Waals surface area contributed by atoms with Crippen molar-refractivity contribution >= 4 is 22.9 Å².